The fourth-order valence-electron chi connectivity index (χ4n) is 5.60. The van der Waals surface area contributed by atoms with Gasteiger partial charge in [0.2, 0.25) is 5.75 Å². The molecule has 0 N–H and O–H groups in total. The topological polar surface area (TPSA) is 9.23 Å². The van der Waals surface area contributed by atoms with Crippen molar-refractivity contribution in [2.75, 3.05) is 0 Å². The van der Waals surface area contributed by atoms with E-state index in [1.165, 1.54) is 51.4 Å². The van der Waals surface area contributed by atoms with Gasteiger partial charge in [0, 0.05) is 0 Å². The summed E-state index contributed by atoms with van der Waals surface area (Å²) in [6.07, 6.45) is 11.6. The zero-order valence-electron chi connectivity index (χ0n) is 18.2. The minimum Gasteiger partial charge on any atom is -0.422 e. The predicted molar refractivity (Wildman–Crippen MR) is 112 cm³/mol. The van der Waals surface area contributed by atoms with Crippen LogP contribution in [-0.2, 0) is 0 Å². The third-order valence-electron chi connectivity index (χ3n) is 7.38. The van der Waals surface area contributed by atoms with Crippen molar-refractivity contribution in [2.24, 2.45) is 17.8 Å². The summed E-state index contributed by atoms with van der Waals surface area (Å²) in [7, 11) is 0. The highest BCUT2D eigenvalue weighted by molar-refractivity contribution is 5.34. The van der Waals surface area contributed by atoms with Crippen molar-refractivity contribution in [3.05, 3.63) is 41.4 Å². The number of benzene rings is 1. The lowest BCUT2D eigenvalue weighted by Gasteiger charge is -2.38. The van der Waals surface area contributed by atoms with E-state index in [1.807, 2.05) is 0 Å². The monoisotopic (exact) mass is 444 g/mol. The lowest BCUT2D eigenvalue weighted by Crippen LogP contribution is -2.25. The van der Waals surface area contributed by atoms with E-state index in [9.17, 15) is 22.0 Å². The molecule has 0 radical (unpaired) electrons. The second-order valence-electron chi connectivity index (χ2n) is 9.34. The quantitative estimate of drug-likeness (QED) is 0.221. The number of rotatable bonds is 8. The van der Waals surface area contributed by atoms with Crippen LogP contribution >= 0.6 is 0 Å². The van der Waals surface area contributed by atoms with Crippen LogP contribution in [-0.4, -0.2) is 0 Å². The molecule has 1 aromatic carbocycles. The van der Waals surface area contributed by atoms with Crippen molar-refractivity contribution in [1.29, 1.82) is 0 Å². The molecule has 0 amide bonds. The normalized spacial score (nSPS) is 26.5. The molecule has 0 aromatic heterocycles. The SMILES string of the molecule is CCCCCC1CCC(C2CCC(c3cc(F)c(OC(F)=C(F)F)c(F)c3)CC2)CC1. The van der Waals surface area contributed by atoms with Gasteiger partial charge in [-0.05, 0) is 79.9 Å². The van der Waals surface area contributed by atoms with Crippen LogP contribution in [0.5, 0.6) is 5.75 Å². The molecule has 0 bridgehead atoms. The first-order chi connectivity index (χ1) is 14.9. The second-order valence-corrected chi connectivity index (χ2v) is 9.34. The van der Waals surface area contributed by atoms with Gasteiger partial charge in [0.15, 0.2) is 11.6 Å². The third kappa shape index (κ3) is 6.45. The molecule has 1 aromatic rings. The molecular formula is C25H33F5O. The molecule has 0 atom stereocenters. The highest BCUT2D eigenvalue weighted by Crippen LogP contribution is 2.45. The summed E-state index contributed by atoms with van der Waals surface area (Å²) in [6.45, 7) is 2.24. The molecule has 31 heavy (non-hydrogen) atoms. The summed E-state index contributed by atoms with van der Waals surface area (Å²) in [5, 5.41) is 0. The van der Waals surface area contributed by atoms with Gasteiger partial charge in [-0.1, -0.05) is 45.4 Å². The molecule has 2 aliphatic rings. The zero-order chi connectivity index (χ0) is 22.4. The fourth-order valence-corrected chi connectivity index (χ4v) is 5.60. The molecule has 1 nitrogen and oxygen atoms in total. The molecule has 2 saturated carbocycles. The predicted octanol–water partition coefficient (Wildman–Crippen LogP) is 9.04. The molecule has 2 fully saturated rings. The Morgan fingerprint density at radius 2 is 1.39 bits per heavy atom. The van der Waals surface area contributed by atoms with Crippen molar-refractivity contribution in [2.45, 2.75) is 89.9 Å². The van der Waals surface area contributed by atoms with E-state index in [0.29, 0.717) is 11.5 Å². The van der Waals surface area contributed by atoms with Crippen LogP contribution in [0.1, 0.15) is 95.5 Å². The van der Waals surface area contributed by atoms with E-state index < -0.39 is 29.5 Å². The molecule has 3 rings (SSSR count). The number of hydrogen-bond donors (Lipinski definition) is 0. The summed E-state index contributed by atoms with van der Waals surface area (Å²) >= 11 is 0. The summed E-state index contributed by atoms with van der Waals surface area (Å²) in [5.41, 5.74) is 0.491. The minimum atomic E-state index is -2.75. The van der Waals surface area contributed by atoms with Gasteiger partial charge in [-0.3, -0.25) is 0 Å². The molecular weight excluding hydrogens is 411 g/mol. The van der Waals surface area contributed by atoms with Gasteiger partial charge >= 0.3 is 12.1 Å². The van der Waals surface area contributed by atoms with Crippen LogP contribution in [0.3, 0.4) is 0 Å². The Morgan fingerprint density at radius 1 is 0.839 bits per heavy atom. The number of ether oxygens (including phenoxy) is 1. The highest BCUT2D eigenvalue weighted by atomic mass is 19.3. The molecule has 6 heteroatoms. The summed E-state index contributed by atoms with van der Waals surface area (Å²) in [4.78, 5) is 0. The Balaban J connectivity index is 1.51. The van der Waals surface area contributed by atoms with Gasteiger partial charge in [-0.25, -0.2) is 8.78 Å². The number of hydrogen-bond acceptors (Lipinski definition) is 1. The Labute approximate surface area is 182 Å². The van der Waals surface area contributed by atoms with Crippen molar-refractivity contribution >= 4 is 0 Å². The van der Waals surface area contributed by atoms with E-state index in [2.05, 4.69) is 11.7 Å². The van der Waals surface area contributed by atoms with Crippen molar-refractivity contribution in [3.8, 4) is 5.75 Å². The van der Waals surface area contributed by atoms with Crippen LogP contribution in [0, 0.1) is 29.4 Å². The molecule has 0 heterocycles. The summed E-state index contributed by atoms with van der Waals surface area (Å²) in [5.74, 6) is -1.09. The number of halogens is 5. The standard InChI is InChI=1S/C25H33F5O/c1-2-3-4-5-16-6-8-17(9-7-16)18-10-12-19(13-11-18)20-14-21(26)23(22(27)15-20)31-25(30)24(28)29/h14-19H,2-13H2,1H3. The lowest BCUT2D eigenvalue weighted by molar-refractivity contribution is 0.155. The first kappa shape index (κ1) is 24.1. The molecule has 0 aliphatic heterocycles. The molecule has 2 aliphatic carbocycles. The van der Waals surface area contributed by atoms with Gasteiger partial charge < -0.3 is 4.74 Å². The largest absolute Gasteiger partial charge is 0.422 e. The fraction of sp³-hybridized carbons (Fsp3) is 0.680. The minimum absolute atomic E-state index is 0.0259. The van der Waals surface area contributed by atoms with E-state index in [-0.39, 0.29) is 5.92 Å². The van der Waals surface area contributed by atoms with Crippen LogP contribution in [0.15, 0.2) is 24.2 Å². The van der Waals surface area contributed by atoms with E-state index in [4.69, 9.17) is 0 Å². The Kier molecular flexibility index (Phi) is 8.79. The maximum absolute atomic E-state index is 14.2. The molecule has 174 valence electrons. The average Bonchev–Trinajstić information content (AvgIpc) is 2.76. The highest BCUT2D eigenvalue weighted by Gasteiger charge is 2.32. The Morgan fingerprint density at radius 3 is 1.90 bits per heavy atom. The first-order valence-corrected chi connectivity index (χ1v) is 11.8. The maximum Gasteiger partial charge on any atom is 0.344 e. The maximum atomic E-state index is 14.2. The molecule has 0 saturated heterocycles. The van der Waals surface area contributed by atoms with E-state index in [1.54, 1.807) is 0 Å². The zero-order valence-corrected chi connectivity index (χ0v) is 18.2. The van der Waals surface area contributed by atoms with Crippen LogP contribution < -0.4 is 4.74 Å². The van der Waals surface area contributed by atoms with Crippen molar-refractivity contribution < 1.29 is 26.7 Å². The Hall–Kier alpha value is -1.59. The summed E-state index contributed by atoms with van der Waals surface area (Å²) < 4.78 is 69.7. The van der Waals surface area contributed by atoms with Gasteiger partial charge in [-0.15, -0.1) is 0 Å². The molecule has 0 spiro atoms. The van der Waals surface area contributed by atoms with Gasteiger partial charge in [0.1, 0.15) is 0 Å². The number of unbranched alkanes of at least 4 members (excludes halogenated alkanes) is 2. The van der Waals surface area contributed by atoms with Crippen molar-refractivity contribution in [1.82, 2.24) is 0 Å². The lowest BCUT2D eigenvalue weighted by atomic mass is 9.68. The van der Waals surface area contributed by atoms with E-state index >= 15 is 0 Å². The van der Waals surface area contributed by atoms with Gasteiger partial charge in [0.05, 0.1) is 0 Å². The van der Waals surface area contributed by atoms with Crippen LogP contribution in [0.4, 0.5) is 22.0 Å². The van der Waals surface area contributed by atoms with E-state index in [0.717, 1.165) is 49.7 Å². The smallest absolute Gasteiger partial charge is 0.344 e. The van der Waals surface area contributed by atoms with Crippen LogP contribution in [0.2, 0.25) is 0 Å². The molecule has 0 unspecified atom stereocenters. The summed E-state index contributed by atoms with van der Waals surface area (Å²) in [6, 6.07) is -0.103. The first-order valence-electron chi connectivity index (χ1n) is 11.8. The van der Waals surface area contributed by atoms with Gasteiger partial charge in [-0.2, -0.15) is 13.2 Å². The second kappa shape index (κ2) is 11.3. The van der Waals surface area contributed by atoms with Crippen LogP contribution in [0.25, 0.3) is 0 Å². The Bertz CT molecular complexity index is 719. The third-order valence-corrected chi connectivity index (χ3v) is 7.38. The van der Waals surface area contributed by atoms with Crippen molar-refractivity contribution in [3.63, 3.8) is 0 Å². The van der Waals surface area contributed by atoms with Gasteiger partial charge in [0.25, 0.3) is 0 Å². The average molecular weight is 445 g/mol.